The number of hydrogen-bond acceptors (Lipinski definition) is 6. The van der Waals surface area contributed by atoms with Gasteiger partial charge in [-0.2, -0.15) is 0 Å². The summed E-state index contributed by atoms with van der Waals surface area (Å²) in [5.74, 6) is -0.121. The molecule has 0 atom stereocenters. The van der Waals surface area contributed by atoms with Gasteiger partial charge in [-0.3, -0.25) is 19.9 Å². The molecule has 168 valence electrons. The number of benzene rings is 1. The zero-order valence-electron chi connectivity index (χ0n) is 16.6. The molecule has 2 aliphatic rings. The number of nitrogens with two attached hydrogens (primary N) is 2. The third-order valence-electron chi connectivity index (χ3n) is 4.57. The number of nitrogens with zero attached hydrogens (tertiary/aromatic N) is 1. The molecular weight excluding hydrogens is 401 g/mol. The van der Waals surface area contributed by atoms with Gasteiger partial charge in [0, 0.05) is 24.2 Å². The molecule has 0 bridgehead atoms. The molecule has 0 saturated heterocycles. The first-order chi connectivity index (χ1) is 13.2. The van der Waals surface area contributed by atoms with Gasteiger partial charge in [0.15, 0.2) is 0 Å². The number of phosphoric ester groups is 1. The number of non-ortho nitro benzene ring substituents is 1. The molecule has 2 saturated carbocycles. The Morgan fingerprint density at radius 1 is 0.897 bits per heavy atom. The van der Waals surface area contributed by atoms with Crippen LogP contribution in [0.2, 0.25) is 0 Å². The quantitative estimate of drug-likeness (QED) is 0.316. The molecular formula is C18H34N3O7P. The highest BCUT2D eigenvalue weighted by atomic mass is 31.2. The lowest BCUT2D eigenvalue weighted by Crippen LogP contribution is -2.22. The van der Waals surface area contributed by atoms with Crippen LogP contribution in [0.4, 0.5) is 5.69 Å². The maximum Gasteiger partial charge on any atom is 0.524 e. The van der Waals surface area contributed by atoms with Gasteiger partial charge in [0.05, 0.1) is 4.92 Å². The summed E-state index contributed by atoms with van der Waals surface area (Å²) >= 11 is 0. The zero-order chi connectivity index (χ0) is 21.0. The van der Waals surface area contributed by atoms with Crippen molar-refractivity contribution < 1.29 is 29.3 Å². The van der Waals surface area contributed by atoms with E-state index < -0.39 is 12.7 Å². The lowest BCUT2D eigenvalue weighted by atomic mass is 9.97. The van der Waals surface area contributed by atoms with Crippen LogP contribution in [0.5, 0.6) is 5.75 Å². The van der Waals surface area contributed by atoms with E-state index in [2.05, 4.69) is 4.52 Å². The van der Waals surface area contributed by atoms with E-state index in [9.17, 15) is 14.7 Å². The lowest BCUT2D eigenvalue weighted by molar-refractivity contribution is -0.384. The van der Waals surface area contributed by atoms with Crippen molar-refractivity contribution >= 4 is 13.5 Å². The molecule has 0 amide bonds. The van der Waals surface area contributed by atoms with Crippen molar-refractivity contribution in [2.45, 2.75) is 76.3 Å². The molecule has 0 heterocycles. The highest BCUT2D eigenvalue weighted by molar-refractivity contribution is 7.46. The van der Waals surface area contributed by atoms with Gasteiger partial charge >= 0.3 is 7.82 Å². The molecule has 10 nitrogen and oxygen atoms in total. The molecule has 0 unspecified atom stereocenters. The Morgan fingerprint density at radius 3 is 1.52 bits per heavy atom. The standard InChI is InChI=1S/C6H6NO6P.2C6H13N.H2O/c8-7(9)5-1-3-6(4-2-5)13-14(10,11)12;2*7-6-4-2-1-3-5-6;/h1-4H,(H2,10,11,12);2*6H,1-5,7H2;1H2. The first kappa shape index (κ1) is 27.5. The first-order valence-electron chi connectivity index (χ1n) is 9.68. The van der Waals surface area contributed by atoms with E-state index in [1.165, 1.54) is 64.2 Å². The minimum atomic E-state index is -4.60. The number of hydrogen-bond donors (Lipinski definition) is 4. The van der Waals surface area contributed by atoms with Crippen LogP contribution in [0.15, 0.2) is 24.3 Å². The molecule has 0 aromatic heterocycles. The van der Waals surface area contributed by atoms with Gasteiger partial charge in [0.25, 0.3) is 5.69 Å². The van der Waals surface area contributed by atoms with E-state index in [0.29, 0.717) is 12.1 Å². The van der Waals surface area contributed by atoms with E-state index in [0.717, 1.165) is 24.3 Å². The Bertz CT molecular complexity index is 596. The average molecular weight is 435 g/mol. The molecule has 0 radical (unpaired) electrons. The molecule has 2 fully saturated rings. The summed E-state index contributed by atoms with van der Waals surface area (Å²) in [6, 6.07) is 5.47. The Balaban J connectivity index is 0.000000440. The summed E-state index contributed by atoms with van der Waals surface area (Å²) < 4.78 is 14.5. The molecule has 1 aromatic rings. The predicted molar refractivity (Wildman–Crippen MR) is 112 cm³/mol. The van der Waals surface area contributed by atoms with Gasteiger partial charge in [-0.05, 0) is 37.8 Å². The lowest BCUT2D eigenvalue weighted by Gasteiger charge is -2.15. The van der Waals surface area contributed by atoms with Crippen LogP contribution in [0.3, 0.4) is 0 Å². The summed E-state index contributed by atoms with van der Waals surface area (Å²) in [6.07, 6.45) is 13.3. The minimum absolute atomic E-state index is 0. The fraction of sp³-hybridized carbons (Fsp3) is 0.667. The van der Waals surface area contributed by atoms with E-state index in [1.54, 1.807) is 0 Å². The monoisotopic (exact) mass is 435 g/mol. The number of nitro benzene ring substituents is 1. The van der Waals surface area contributed by atoms with Crippen LogP contribution in [-0.4, -0.2) is 32.3 Å². The van der Waals surface area contributed by atoms with Gasteiger partial charge in [-0.1, -0.05) is 38.5 Å². The van der Waals surface area contributed by atoms with Crippen LogP contribution in [-0.2, 0) is 4.57 Å². The number of phosphoric acid groups is 1. The summed E-state index contributed by atoms with van der Waals surface area (Å²) in [5.41, 5.74) is 11.1. The van der Waals surface area contributed by atoms with Crippen molar-refractivity contribution in [2.75, 3.05) is 0 Å². The highest BCUT2D eigenvalue weighted by Gasteiger charge is 2.16. The molecule has 2 aliphatic carbocycles. The van der Waals surface area contributed by atoms with Crippen molar-refractivity contribution in [1.29, 1.82) is 0 Å². The number of nitro groups is 1. The molecule has 0 spiro atoms. The number of rotatable bonds is 3. The van der Waals surface area contributed by atoms with Crippen LogP contribution < -0.4 is 16.0 Å². The van der Waals surface area contributed by atoms with Crippen molar-refractivity contribution in [3.05, 3.63) is 34.4 Å². The minimum Gasteiger partial charge on any atom is -0.412 e. The third kappa shape index (κ3) is 14.1. The van der Waals surface area contributed by atoms with Crippen LogP contribution >= 0.6 is 7.82 Å². The van der Waals surface area contributed by atoms with Gasteiger partial charge in [0.2, 0.25) is 0 Å². The second kappa shape index (κ2) is 14.4. The van der Waals surface area contributed by atoms with Gasteiger partial charge in [-0.15, -0.1) is 0 Å². The predicted octanol–water partition coefficient (Wildman–Crippen LogP) is 2.80. The topological polar surface area (TPSA) is 193 Å². The van der Waals surface area contributed by atoms with Crippen LogP contribution in [0, 0.1) is 10.1 Å². The molecule has 0 aliphatic heterocycles. The molecule has 11 heteroatoms. The second-order valence-electron chi connectivity index (χ2n) is 7.13. The highest BCUT2D eigenvalue weighted by Crippen LogP contribution is 2.37. The Labute approximate surface area is 171 Å². The van der Waals surface area contributed by atoms with Crippen molar-refractivity contribution in [2.24, 2.45) is 11.5 Å². The normalized spacial score (nSPS) is 17.5. The summed E-state index contributed by atoms with van der Waals surface area (Å²) in [4.78, 5) is 26.4. The Morgan fingerprint density at radius 2 is 1.28 bits per heavy atom. The van der Waals surface area contributed by atoms with E-state index in [1.807, 2.05) is 0 Å². The molecule has 29 heavy (non-hydrogen) atoms. The summed E-state index contributed by atoms with van der Waals surface area (Å²) in [5, 5.41) is 10.2. The third-order valence-corrected chi connectivity index (χ3v) is 5.02. The van der Waals surface area contributed by atoms with Gasteiger partial charge in [-0.25, -0.2) is 4.57 Å². The fourth-order valence-corrected chi connectivity index (χ4v) is 3.43. The smallest absolute Gasteiger partial charge is 0.412 e. The molecule has 8 N–H and O–H groups in total. The Hall–Kier alpha value is -1.55. The van der Waals surface area contributed by atoms with Crippen LogP contribution in [0.25, 0.3) is 0 Å². The molecule has 3 rings (SSSR count). The first-order valence-corrected chi connectivity index (χ1v) is 11.2. The summed E-state index contributed by atoms with van der Waals surface area (Å²) in [7, 11) is -4.60. The second-order valence-corrected chi connectivity index (χ2v) is 8.29. The average Bonchev–Trinajstić information content (AvgIpc) is 2.63. The maximum absolute atomic E-state index is 10.4. The van der Waals surface area contributed by atoms with E-state index in [4.69, 9.17) is 21.3 Å². The zero-order valence-corrected chi connectivity index (χ0v) is 17.5. The van der Waals surface area contributed by atoms with Crippen LogP contribution in [0.1, 0.15) is 64.2 Å². The SMILES string of the molecule is NC1CCCCC1.NC1CCCCC1.O.O=[N+]([O-])c1ccc(OP(=O)(O)O)cc1. The van der Waals surface area contributed by atoms with Gasteiger partial charge < -0.3 is 21.5 Å². The van der Waals surface area contributed by atoms with Crippen molar-refractivity contribution in [3.8, 4) is 5.75 Å². The van der Waals surface area contributed by atoms with Crippen molar-refractivity contribution in [1.82, 2.24) is 0 Å². The van der Waals surface area contributed by atoms with Gasteiger partial charge in [0.1, 0.15) is 5.75 Å². The Kier molecular flexibility index (Phi) is 13.7. The van der Waals surface area contributed by atoms with E-state index in [-0.39, 0.29) is 16.9 Å². The summed E-state index contributed by atoms with van der Waals surface area (Å²) in [6.45, 7) is 0. The maximum atomic E-state index is 10.4. The largest absolute Gasteiger partial charge is 0.524 e. The van der Waals surface area contributed by atoms with E-state index >= 15 is 0 Å². The fourth-order valence-electron chi connectivity index (χ4n) is 3.03. The molecule has 1 aromatic carbocycles. The van der Waals surface area contributed by atoms with Crippen molar-refractivity contribution in [3.63, 3.8) is 0 Å².